The van der Waals surface area contributed by atoms with Gasteiger partial charge in [-0.1, -0.05) is 12.1 Å². The number of amides is 1. The van der Waals surface area contributed by atoms with E-state index in [1.165, 1.54) is 0 Å². The number of hydrogen-bond donors (Lipinski definition) is 4. The Kier molecular flexibility index (Phi) is 7.66. The summed E-state index contributed by atoms with van der Waals surface area (Å²) < 4.78 is 10.7. The van der Waals surface area contributed by atoms with E-state index in [1.54, 1.807) is 45.0 Å². The third-order valence-corrected chi connectivity index (χ3v) is 4.64. The molecule has 4 N–H and O–H groups in total. The predicted octanol–water partition coefficient (Wildman–Crippen LogP) is 2.20. The van der Waals surface area contributed by atoms with Gasteiger partial charge in [-0.15, -0.1) is 0 Å². The normalized spacial score (nSPS) is 20.4. The largest absolute Gasteiger partial charge is 0.490 e. The van der Waals surface area contributed by atoms with Crippen LogP contribution in [0.5, 0.6) is 5.75 Å². The molecule has 2 atom stereocenters. The molecule has 2 rings (SSSR count). The van der Waals surface area contributed by atoms with Gasteiger partial charge in [0.05, 0.1) is 12.0 Å². The van der Waals surface area contributed by atoms with Crippen LogP contribution in [0, 0.1) is 5.92 Å². The van der Waals surface area contributed by atoms with Crippen LogP contribution in [0.4, 0.5) is 4.79 Å². The maximum atomic E-state index is 11.9. The zero-order valence-electron chi connectivity index (χ0n) is 17.3. The Morgan fingerprint density at radius 3 is 2.17 bits per heavy atom. The summed E-state index contributed by atoms with van der Waals surface area (Å²) in [7, 11) is 0. The van der Waals surface area contributed by atoms with Crippen LogP contribution in [0.1, 0.15) is 45.6 Å². The van der Waals surface area contributed by atoms with Gasteiger partial charge in [-0.3, -0.25) is 4.79 Å². The molecule has 0 saturated heterocycles. The summed E-state index contributed by atoms with van der Waals surface area (Å²) >= 11 is 0. The first-order valence-corrected chi connectivity index (χ1v) is 9.81. The van der Waals surface area contributed by atoms with E-state index >= 15 is 0 Å². The quantitative estimate of drug-likeness (QED) is 0.473. The summed E-state index contributed by atoms with van der Waals surface area (Å²) in [5, 5.41) is 30.5. The molecule has 1 fully saturated rings. The zero-order valence-corrected chi connectivity index (χ0v) is 17.3. The van der Waals surface area contributed by atoms with Crippen LogP contribution < -0.4 is 10.1 Å². The van der Waals surface area contributed by atoms with Crippen LogP contribution in [0.25, 0.3) is 0 Å². The van der Waals surface area contributed by atoms with Crippen molar-refractivity contribution < 1.29 is 39.2 Å². The average molecular weight is 423 g/mol. The molecule has 0 unspecified atom stereocenters. The number of ether oxygens (including phenoxy) is 2. The van der Waals surface area contributed by atoms with Gasteiger partial charge >= 0.3 is 18.0 Å². The van der Waals surface area contributed by atoms with Gasteiger partial charge in [0.1, 0.15) is 23.5 Å². The Hall–Kier alpha value is -2.81. The Labute approximate surface area is 175 Å². The predicted molar refractivity (Wildman–Crippen MR) is 106 cm³/mol. The molecular formula is C21H29NO8. The second kappa shape index (κ2) is 9.80. The monoisotopic (exact) mass is 423 g/mol. The molecule has 9 nitrogen and oxygen atoms in total. The Morgan fingerprint density at radius 2 is 1.70 bits per heavy atom. The van der Waals surface area contributed by atoms with Gasteiger partial charge in [-0.2, -0.15) is 0 Å². The van der Waals surface area contributed by atoms with E-state index in [-0.39, 0.29) is 25.0 Å². The second-order valence-electron chi connectivity index (χ2n) is 8.52. The number of carbonyl (C=O) groups excluding carboxylic acids is 1. The highest BCUT2D eigenvalue weighted by Crippen LogP contribution is 2.26. The lowest BCUT2D eigenvalue weighted by Gasteiger charge is -2.31. The smallest absolute Gasteiger partial charge is 0.408 e. The third kappa shape index (κ3) is 7.55. The van der Waals surface area contributed by atoms with E-state index in [0.717, 1.165) is 0 Å². The van der Waals surface area contributed by atoms with Crippen LogP contribution >= 0.6 is 0 Å². The van der Waals surface area contributed by atoms with Crippen molar-refractivity contribution in [1.82, 2.24) is 5.32 Å². The number of carboxylic acids is 2. The fourth-order valence-electron chi connectivity index (χ4n) is 3.04. The van der Waals surface area contributed by atoms with Crippen molar-refractivity contribution in [2.45, 2.75) is 70.3 Å². The number of nitrogens with one attached hydrogen (secondary N) is 1. The van der Waals surface area contributed by atoms with Gasteiger partial charge in [0, 0.05) is 12.8 Å². The number of rotatable bonds is 9. The minimum atomic E-state index is -1.39. The number of carboxylic acid groups (broad SMARTS) is 2. The fourth-order valence-corrected chi connectivity index (χ4v) is 3.04. The Bertz CT molecular complexity index is 749. The summed E-state index contributed by atoms with van der Waals surface area (Å²) in [6, 6.07) is 5.47. The first-order chi connectivity index (χ1) is 13.9. The number of aliphatic hydroxyl groups excluding tert-OH is 1. The second-order valence-corrected chi connectivity index (χ2v) is 8.52. The molecule has 1 amide bonds. The number of hydrogen-bond acceptors (Lipinski definition) is 6. The number of benzene rings is 1. The molecule has 0 aliphatic heterocycles. The molecule has 0 aromatic heterocycles. The summed E-state index contributed by atoms with van der Waals surface area (Å²) in [5.41, 5.74) is -0.106. The maximum Gasteiger partial charge on any atom is 0.408 e. The van der Waals surface area contributed by atoms with Crippen molar-refractivity contribution in [1.29, 1.82) is 0 Å². The van der Waals surface area contributed by atoms with E-state index in [1.807, 2.05) is 0 Å². The molecule has 1 saturated carbocycles. The summed E-state index contributed by atoms with van der Waals surface area (Å²) in [6.45, 7) is 4.93. The number of alkyl carbamates (subject to hydrolysis) is 1. The Balaban J connectivity index is 1.97. The number of aliphatic hydroxyl groups is 1. The molecule has 1 aromatic rings. The molecule has 0 spiro atoms. The van der Waals surface area contributed by atoms with Crippen LogP contribution in [0.15, 0.2) is 24.3 Å². The lowest BCUT2D eigenvalue weighted by molar-refractivity contribution is -0.144. The molecule has 1 aliphatic rings. The van der Waals surface area contributed by atoms with E-state index in [9.17, 15) is 29.7 Å². The minimum Gasteiger partial charge on any atom is -0.490 e. The van der Waals surface area contributed by atoms with Crippen LogP contribution in [0.2, 0.25) is 0 Å². The molecule has 9 heteroatoms. The highest BCUT2D eigenvalue weighted by molar-refractivity contribution is 5.81. The first-order valence-electron chi connectivity index (χ1n) is 9.81. The maximum absolute atomic E-state index is 11.9. The molecule has 30 heavy (non-hydrogen) atoms. The molecule has 1 aromatic carbocycles. The van der Waals surface area contributed by atoms with Gasteiger partial charge in [0.2, 0.25) is 0 Å². The summed E-state index contributed by atoms with van der Waals surface area (Å²) in [5.74, 6) is -2.89. The van der Waals surface area contributed by atoms with E-state index < -0.39 is 35.6 Å². The topological polar surface area (TPSA) is 142 Å². The molecular weight excluding hydrogens is 394 g/mol. The molecule has 166 valence electrons. The van der Waals surface area contributed by atoms with Gasteiger partial charge < -0.3 is 30.1 Å². The molecule has 1 aliphatic carbocycles. The standard InChI is InChI=1S/C21H29NO8/c1-21(2,3)30-20(28)22-17(19(26)27)9-13(18(24)25)8-12-4-6-15(7-5-12)29-16-10-14(23)11-16/h4-7,13-14,16-17,23H,8-11H2,1-3H3,(H,22,28)(H,24,25)(H,26,27)/t13-,14?,16?,17+/m0/s1. The van der Waals surface area contributed by atoms with Crippen molar-refractivity contribution >= 4 is 18.0 Å². The van der Waals surface area contributed by atoms with Gasteiger partial charge in [0.25, 0.3) is 0 Å². The number of carbonyl (C=O) groups is 3. The lowest BCUT2D eigenvalue weighted by atomic mass is 9.92. The SMILES string of the molecule is CC(C)(C)OC(=O)N[C@H](C[C@H](Cc1ccc(OC2CC(O)C2)cc1)C(=O)O)C(=O)O. The third-order valence-electron chi connectivity index (χ3n) is 4.64. The van der Waals surface area contributed by atoms with Crippen molar-refractivity contribution in [3.05, 3.63) is 29.8 Å². The van der Waals surface area contributed by atoms with Gasteiger partial charge in [-0.25, -0.2) is 9.59 Å². The van der Waals surface area contributed by atoms with Gasteiger partial charge in [-0.05, 0) is 51.3 Å². The molecule has 0 radical (unpaired) electrons. The fraction of sp³-hybridized carbons (Fsp3) is 0.571. The van der Waals surface area contributed by atoms with E-state index in [2.05, 4.69) is 5.32 Å². The van der Waals surface area contributed by atoms with E-state index in [0.29, 0.717) is 24.2 Å². The van der Waals surface area contributed by atoms with Crippen molar-refractivity contribution in [3.8, 4) is 5.75 Å². The Morgan fingerprint density at radius 1 is 1.10 bits per heavy atom. The number of aliphatic carboxylic acids is 2. The zero-order chi connectivity index (χ0) is 22.5. The highest BCUT2D eigenvalue weighted by Gasteiger charge is 2.31. The van der Waals surface area contributed by atoms with Crippen molar-refractivity contribution in [2.24, 2.45) is 5.92 Å². The summed E-state index contributed by atoms with van der Waals surface area (Å²) in [4.78, 5) is 35.1. The first kappa shape index (κ1) is 23.5. The highest BCUT2D eigenvalue weighted by atomic mass is 16.6. The van der Waals surface area contributed by atoms with Gasteiger partial charge in [0.15, 0.2) is 0 Å². The average Bonchev–Trinajstić information content (AvgIpc) is 2.58. The van der Waals surface area contributed by atoms with Crippen molar-refractivity contribution in [3.63, 3.8) is 0 Å². The lowest BCUT2D eigenvalue weighted by Crippen LogP contribution is -2.45. The summed E-state index contributed by atoms with van der Waals surface area (Å²) in [6.07, 6.45) is -0.273. The van der Waals surface area contributed by atoms with Crippen LogP contribution in [-0.2, 0) is 20.7 Å². The van der Waals surface area contributed by atoms with Crippen LogP contribution in [0.3, 0.4) is 0 Å². The van der Waals surface area contributed by atoms with Crippen LogP contribution in [-0.4, -0.2) is 57.2 Å². The minimum absolute atomic E-state index is 0.0205. The van der Waals surface area contributed by atoms with E-state index in [4.69, 9.17) is 9.47 Å². The molecule has 0 heterocycles. The molecule has 0 bridgehead atoms. The van der Waals surface area contributed by atoms with Crippen molar-refractivity contribution in [2.75, 3.05) is 0 Å².